The average Bonchev–Trinajstić information content (AvgIpc) is 2.51. The minimum Gasteiger partial charge on any atom is -0.342 e. The molecule has 3 rings (SSSR count). The highest BCUT2D eigenvalue weighted by molar-refractivity contribution is 5.95. The van der Waals surface area contributed by atoms with Crippen LogP contribution in [0.4, 0.5) is 5.69 Å². The van der Waals surface area contributed by atoms with Crippen LogP contribution in [0.15, 0.2) is 18.2 Å². The number of carbonyl (C=O) groups is 2. The summed E-state index contributed by atoms with van der Waals surface area (Å²) >= 11 is 0. The number of nitrogens with two attached hydrogens (primary N) is 1. The van der Waals surface area contributed by atoms with Crippen molar-refractivity contribution in [1.82, 2.24) is 5.32 Å². The van der Waals surface area contributed by atoms with E-state index in [1.807, 2.05) is 32.0 Å². The molecule has 23 heavy (non-hydrogen) atoms. The Kier molecular flexibility index (Phi) is 4.66. The summed E-state index contributed by atoms with van der Waals surface area (Å²) in [6.45, 7) is 4.07. The van der Waals surface area contributed by atoms with Crippen molar-refractivity contribution in [2.45, 2.75) is 64.1 Å². The number of nitrogens with one attached hydrogen (secondary N) is 2. The lowest BCUT2D eigenvalue weighted by Crippen LogP contribution is -3.03. The number of amides is 2. The number of fused-ring (bicyclic) bond motifs is 1. The number of carbonyl (C=O) groups excluding carboxylic acids is 2. The molecule has 1 saturated heterocycles. The molecule has 2 aliphatic rings. The summed E-state index contributed by atoms with van der Waals surface area (Å²) in [6, 6.07) is 6.28. The first kappa shape index (κ1) is 16.0. The molecule has 124 valence electrons. The van der Waals surface area contributed by atoms with Crippen LogP contribution in [0.3, 0.4) is 0 Å². The van der Waals surface area contributed by atoms with Crippen molar-refractivity contribution in [1.29, 1.82) is 0 Å². The first-order valence-electron chi connectivity index (χ1n) is 8.55. The van der Waals surface area contributed by atoms with E-state index >= 15 is 0 Å². The van der Waals surface area contributed by atoms with Crippen molar-refractivity contribution in [3.05, 3.63) is 29.3 Å². The van der Waals surface area contributed by atoms with Crippen LogP contribution in [-0.2, 0) is 9.59 Å². The lowest BCUT2D eigenvalue weighted by molar-refractivity contribution is -0.718. The molecule has 2 fully saturated rings. The average molecular weight is 316 g/mol. The zero-order valence-corrected chi connectivity index (χ0v) is 13.9. The maximum atomic E-state index is 12.3. The highest BCUT2D eigenvalue weighted by Crippen LogP contribution is 2.19. The Bertz CT molecular complexity index is 614. The van der Waals surface area contributed by atoms with E-state index in [1.54, 1.807) is 0 Å². The Morgan fingerprint density at radius 2 is 2.04 bits per heavy atom. The van der Waals surface area contributed by atoms with Crippen LogP contribution in [0.1, 0.15) is 43.2 Å². The molecule has 4 N–H and O–H groups in total. The molecule has 5 nitrogen and oxygen atoms in total. The van der Waals surface area contributed by atoms with E-state index < -0.39 is 0 Å². The molecule has 1 aromatic carbocycles. The van der Waals surface area contributed by atoms with E-state index in [9.17, 15) is 9.59 Å². The summed E-state index contributed by atoms with van der Waals surface area (Å²) in [6.07, 6.45) is 4.82. The van der Waals surface area contributed by atoms with Crippen molar-refractivity contribution in [3.63, 3.8) is 0 Å². The fraction of sp³-hybridized carbons (Fsp3) is 0.556. The minimum absolute atomic E-state index is 0.00314. The van der Waals surface area contributed by atoms with E-state index in [0.717, 1.165) is 24.1 Å². The Hall–Kier alpha value is -1.88. The van der Waals surface area contributed by atoms with Gasteiger partial charge in [0.1, 0.15) is 6.04 Å². The second-order valence-corrected chi connectivity index (χ2v) is 6.91. The van der Waals surface area contributed by atoms with Gasteiger partial charge in [0.15, 0.2) is 6.04 Å². The van der Waals surface area contributed by atoms with E-state index in [4.69, 9.17) is 0 Å². The van der Waals surface area contributed by atoms with E-state index in [2.05, 4.69) is 16.0 Å². The molecule has 1 aliphatic carbocycles. The Balaban J connectivity index is 1.58. The van der Waals surface area contributed by atoms with Gasteiger partial charge in [0.25, 0.3) is 5.91 Å². The largest absolute Gasteiger partial charge is 0.342 e. The number of hydrogen-bond donors (Lipinski definition) is 3. The van der Waals surface area contributed by atoms with Crippen LogP contribution in [0, 0.1) is 13.8 Å². The molecule has 1 saturated carbocycles. The lowest BCUT2D eigenvalue weighted by atomic mass is 9.87. The molecule has 2 amide bonds. The van der Waals surface area contributed by atoms with Gasteiger partial charge in [0.2, 0.25) is 5.91 Å². The standard InChI is InChI=1S/C18H25N3O2/c1-11-7-8-13(9-12(11)2)19-17(22)10-16-18(23)21-15-6-4-3-5-14(15)20-16/h7-9,14-16,20H,3-6,10H2,1-2H3,(H,19,22)(H,21,23)/p+1/t14-,15-,16-/m0/s1. The molecule has 0 unspecified atom stereocenters. The molecular weight excluding hydrogens is 290 g/mol. The lowest BCUT2D eigenvalue weighted by Gasteiger charge is -2.37. The molecule has 1 aliphatic heterocycles. The fourth-order valence-corrected chi connectivity index (χ4v) is 3.64. The number of quaternary nitrogens is 1. The second kappa shape index (κ2) is 6.71. The molecular formula is C18H26N3O2+. The smallest absolute Gasteiger partial charge is 0.279 e. The van der Waals surface area contributed by atoms with Crippen molar-refractivity contribution in [2.75, 3.05) is 5.32 Å². The van der Waals surface area contributed by atoms with Gasteiger partial charge in [-0.05, 0) is 49.9 Å². The van der Waals surface area contributed by atoms with Crippen LogP contribution >= 0.6 is 0 Å². The first-order chi connectivity index (χ1) is 11.0. The summed E-state index contributed by atoms with van der Waals surface area (Å²) in [5.41, 5.74) is 3.14. The number of rotatable bonds is 3. The maximum Gasteiger partial charge on any atom is 0.279 e. The van der Waals surface area contributed by atoms with Gasteiger partial charge >= 0.3 is 0 Å². The number of hydrogen-bond acceptors (Lipinski definition) is 2. The summed E-state index contributed by atoms with van der Waals surface area (Å²) in [5, 5.41) is 8.13. The molecule has 0 bridgehead atoms. The Labute approximate surface area is 137 Å². The quantitative estimate of drug-likeness (QED) is 0.778. The zero-order valence-electron chi connectivity index (χ0n) is 13.9. The third-order valence-corrected chi connectivity index (χ3v) is 5.16. The highest BCUT2D eigenvalue weighted by atomic mass is 16.2. The van der Waals surface area contributed by atoms with Gasteiger partial charge in [0, 0.05) is 12.1 Å². The number of anilines is 1. The molecule has 0 radical (unpaired) electrons. The third kappa shape index (κ3) is 3.72. The molecule has 0 aromatic heterocycles. The van der Waals surface area contributed by atoms with Gasteiger partial charge in [-0.3, -0.25) is 9.59 Å². The second-order valence-electron chi connectivity index (χ2n) is 6.91. The van der Waals surface area contributed by atoms with Crippen molar-refractivity contribution < 1.29 is 14.9 Å². The van der Waals surface area contributed by atoms with Crippen LogP contribution in [0.5, 0.6) is 0 Å². The van der Waals surface area contributed by atoms with Crippen LogP contribution in [0.2, 0.25) is 0 Å². The SMILES string of the molecule is Cc1ccc(NC(=O)C[C@@H]2[NH2+][C@H]3CCCC[C@@H]3NC2=O)cc1C. The molecule has 3 atom stereocenters. The molecule has 1 aromatic rings. The summed E-state index contributed by atoms with van der Waals surface area (Å²) in [7, 11) is 0. The Morgan fingerprint density at radius 1 is 1.26 bits per heavy atom. The van der Waals surface area contributed by atoms with Gasteiger partial charge < -0.3 is 16.0 Å². The third-order valence-electron chi connectivity index (χ3n) is 5.16. The van der Waals surface area contributed by atoms with Gasteiger partial charge in [-0.15, -0.1) is 0 Å². The van der Waals surface area contributed by atoms with Crippen LogP contribution in [0.25, 0.3) is 0 Å². The van der Waals surface area contributed by atoms with Crippen molar-refractivity contribution in [3.8, 4) is 0 Å². The van der Waals surface area contributed by atoms with E-state index in [0.29, 0.717) is 6.04 Å². The van der Waals surface area contributed by atoms with Gasteiger partial charge in [-0.25, -0.2) is 0 Å². The van der Waals surface area contributed by atoms with E-state index in [1.165, 1.54) is 18.4 Å². The van der Waals surface area contributed by atoms with Crippen LogP contribution < -0.4 is 16.0 Å². The van der Waals surface area contributed by atoms with Crippen molar-refractivity contribution in [2.24, 2.45) is 0 Å². The zero-order chi connectivity index (χ0) is 16.4. The Morgan fingerprint density at radius 3 is 2.83 bits per heavy atom. The number of piperazine rings is 1. The van der Waals surface area contributed by atoms with E-state index in [-0.39, 0.29) is 30.3 Å². The molecule has 0 spiro atoms. The number of aryl methyl sites for hydroxylation is 2. The predicted octanol–water partition coefficient (Wildman–Crippen LogP) is 1.01. The minimum atomic E-state index is -0.305. The number of benzene rings is 1. The summed E-state index contributed by atoms with van der Waals surface area (Å²) in [4.78, 5) is 24.5. The summed E-state index contributed by atoms with van der Waals surface area (Å²) in [5.74, 6) is -0.0951. The monoisotopic (exact) mass is 316 g/mol. The van der Waals surface area contributed by atoms with Crippen LogP contribution in [-0.4, -0.2) is 29.9 Å². The van der Waals surface area contributed by atoms with Gasteiger partial charge in [-0.1, -0.05) is 12.5 Å². The predicted molar refractivity (Wildman–Crippen MR) is 89.1 cm³/mol. The van der Waals surface area contributed by atoms with Gasteiger partial charge in [0.05, 0.1) is 12.5 Å². The fourth-order valence-electron chi connectivity index (χ4n) is 3.64. The molecule has 1 heterocycles. The van der Waals surface area contributed by atoms with Gasteiger partial charge in [-0.2, -0.15) is 0 Å². The van der Waals surface area contributed by atoms with Crippen molar-refractivity contribution >= 4 is 17.5 Å². The normalized spacial score (nSPS) is 27.0. The first-order valence-corrected chi connectivity index (χ1v) is 8.55. The highest BCUT2D eigenvalue weighted by Gasteiger charge is 2.40. The topological polar surface area (TPSA) is 74.8 Å². The maximum absolute atomic E-state index is 12.3. The molecule has 5 heteroatoms. The summed E-state index contributed by atoms with van der Waals surface area (Å²) < 4.78 is 0.